The van der Waals surface area contributed by atoms with E-state index in [2.05, 4.69) is 5.32 Å². The molecule has 0 spiro atoms. The number of hydrogen-bond acceptors (Lipinski definition) is 8. The van der Waals surface area contributed by atoms with Crippen LogP contribution in [0.1, 0.15) is 22.3 Å². The smallest absolute Gasteiger partial charge is 0.335 e. The van der Waals surface area contributed by atoms with Crippen molar-refractivity contribution in [2.24, 2.45) is 0 Å². The van der Waals surface area contributed by atoms with E-state index in [9.17, 15) is 23.2 Å². The highest BCUT2D eigenvalue weighted by atomic mass is 32.2. The maximum atomic E-state index is 14.0. The lowest BCUT2D eigenvalue weighted by Gasteiger charge is -2.15. The second-order valence-electron chi connectivity index (χ2n) is 8.78. The summed E-state index contributed by atoms with van der Waals surface area (Å²) >= 11 is 6.44. The number of carboxylic acids is 1. The van der Waals surface area contributed by atoms with Gasteiger partial charge in [0.15, 0.2) is 23.1 Å². The van der Waals surface area contributed by atoms with Crippen LogP contribution in [0, 0.1) is 11.6 Å². The predicted octanol–water partition coefficient (Wildman–Crippen LogP) is 5.59. The molecule has 9 nitrogen and oxygen atoms in total. The first-order valence-corrected chi connectivity index (χ1v) is 13.5. The number of anilines is 1. The van der Waals surface area contributed by atoms with Crippen molar-refractivity contribution >= 4 is 57.8 Å². The van der Waals surface area contributed by atoms with E-state index in [-0.39, 0.29) is 39.2 Å². The van der Waals surface area contributed by atoms with Gasteiger partial charge in [-0.3, -0.25) is 14.5 Å². The van der Waals surface area contributed by atoms with Gasteiger partial charge in [0.05, 0.1) is 37.5 Å². The number of benzene rings is 3. The van der Waals surface area contributed by atoms with Crippen molar-refractivity contribution in [2.75, 3.05) is 33.2 Å². The van der Waals surface area contributed by atoms with E-state index in [0.29, 0.717) is 28.2 Å². The van der Waals surface area contributed by atoms with E-state index in [4.69, 9.17) is 31.5 Å². The van der Waals surface area contributed by atoms with Crippen LogP contribution in [0.5, 0.6) is 17.2 Å². The number of carboxylic acid groups (broad SMARTS) is 1. The van der Waals surface area contributed by atoms with Gasteiger partial charge in [0, 0.05) is 18.5 Å². The number of ether oxygens (including phenoxy) is 3. The van der Waals surface area contributed by atoms with E-state index in [1.807, 2.05) is 0 Å². The van der Waals surface area contributed by atoms with Crippen LogP contribution in [-0.2, 0) is 9.59 Å². The van der Waals surface area contributed by atoms with Gasteiger partial charge in [-0.1, -0.05) is 30.0 Å². The number of carbonyl (C=O) groups is 3. The first-order valence-electron chi connectivity index (χ1n) is 12.2. The molecule has 218 valence electrons. The Hall–Kier alpha value is -4.49. The SMILES string of the molecule is COc1cc(C(=O)O)ccc1NC(=O)CCN1C(=O)C(=Cc2cc(OC)c(OC)c(-c3ccc(F)c(F)c3)c2)SC1=S. The number of carbonyl (C=O) groups excluding carboxylic acids is 2. The average molecular weight is 615 g/mol. The molecule has 0 aliphatic carbocycles. The molecule has 1 fully saturated rings. The molecule has 0 aromatic heterocycles. The van der Waals surface area contributed by atoms with Crippen molar-refractivity contribution in [2.45, 2.75) is 6.42 Å². The first-order chi connectivity index (χ1) is 20.1. The van der Waals surface area contributed by atoms with Crippen molar-refractivity contribution in [3.8, 4) is 28.4 Å². The number of thiocarbonyl (C=S) groups is 1. The maximum absolute atomic E-state index is 14.0. The molecule has 4 rings (SSSR count). The molecule has 0 unspecified atom stereocenters. The highest BCUT2D eigenvalue weighted by Crippen LogP contribution is 2.41. The maximum Gasteiger partial charge on any atom is 0.335 e. The lowest BCUT2D eigenvalue weighted by Crippen LogP contribution is -2.31. The number of halogens is 2. The van der Waals surface area contributed by atoms with Gasteiger partial charge in [-0.15, -0.1) is 0 Å². The van der Waals surface area contributed by atoms with Crippen LogP contribution in [-0.4, -0.2) is 60.0 Å². The van der Waals surface area contributed by atoms with Crippen molar-refractivity contribution in [3.63, 3.8) is 0 Å². The van der Waals surface area contributed by atoms with E-state index >= 15 is 0 Å². The Bertz CT molecular complexity index is 1630. The largest absolute Gasteiger partial charge is 0.495 e. The van der Waals surface area contributed by atoms with Gasteiger partial charge < -0.3 is 24.6 Å². The Balaban J connectivity index is 1.52. The van der Waals surface area contributed by atoms with Crippen LogP contribution in [0.3, 0.4) is 0 Å². The molecule has 0 atom stereocenters. The number of amides is 2. The molecule has 42 heavy (non-hydrogen) atoms. The highest BCUT2D eigenvalue weighted by molar-refractivity contribution is 8.26. The minimum absolute atomic E-state index is 0.000586. The highest BCUT2D eigenvalue weighted by Gasteiger charge is 2.32. The fraction of sp³-hybridized carbons (Fsp3) is 0.172. The monoisotopic (exact) mass is 614 g/mol. The second kappa shape index (κ2) is 13.0. The third kappa shape index (κ3) is 6.52. The van der Waals surface area contributed by atoms with Crippen molar-refractivity contribution < 1.29 is 42.5 Å². The lowest BCUT2D eigenvalue weighted by atomic mass is 10.0. The predicted molar refractivity (Wildman–Crippen MR) is 158 cm³/mol. The molecule has 0 radical (unpaired) electrons. The van der Waals surface area contributed by atoms with Crippen LogP contribution in [0.15, 0.2) is 53.4 Å². The van der Waals surface area contributed by atoms with Crippen LogP contribution in [0.25, 0.3) is 17.2 Å². The van der Waals surface area contributed by atoms with Crippen LogP contribution in [0.4, 0.5) is 14.5 Å². The Kier molecular flexibility index (Phi) is 9.43. The third-order valence-electron chi connectivity index (χ3n) is 6.19. The fourth-order valence-corrected chi connectivity index (χ4v) is 5.45. The second-order valence-corrected chi connectivity index (χ2v) is 10.5. The van der Waals surface area contributed by atoms with Gasteiger partial charge >= 0.3 is 5.97 Å². The molecule has 1 aliphatic heterocycles. The number of rotatable bonds is 10. The lowest BCUT2D eigenvalue weighted by molar-refractivity contribution is -0.122. The molecule has 3 aromatic rings. The molecule has 1 aliphatic rings. The molecule has 1 saturated heterocycles. The summed E-state index contributed by atoms with van der Waals surface area (Å²) in [4.78, 5) is 38.6. The summed E-state index contributed by atoms with van der Waals surface area (Å²) in [5.41, 5.74) is 1.55. The zero-order chi connectivity index (χ0) is 30.6. The minimum atomic E-state index is -1.14. The molecular weight excluding hydrogens is 590 g/mol. The summed E-state index contributed by atoms with van der Waals surface area (Å²) in [5.74, 6) is -3.22. The minimum Gasteiger partial charge on any atom is -0.495 e. The topological polar surface area (TPSA) is 114 Å². The Morgan fingerprint density at radius 2 is 1.74 bits per heavy atom. The Morgan fingerprint density at radius 1 is 1.00 bits per heavy atom. The van der Waals surface area contributed by atoms with Crippen LogP contribution in [0.2, 0.25) is 0 Å². The van der Waals surface area contributed by atoms with Crippen molar-refractivity contribution in [1.29, 1.82) is 0 Å². The van der Waals surface area contributed by atoms with Crippen molar-refractivity contribution in [3.05, 3.63) is 76.2 Å². The zero-order valence-electron chi connectivity index (χ0n) is 22.5. The van der Waals surface area contributed by atoms with Crippen LogP contribution >= 0.6 is 24.0 Å². The number of nitrogens with one attached hydrogen (secondary N) is 1. The van der Waals surface area contributed by atoms with Gasteiger partial charge in [0.25, 0.3) is 5.91 Å². The van der Waals surface area contributed by atoms with Gasteiger partial charge in [-0.25, -0.2) is 13.6 Å². The van der Waals surface area contributed by atoms with Gasteiger partial charge in [-0.2, -0.15) is 0 Å². The quantitative estimate of drug-likeness (QED) is 0.223. The van der Waals surface area contributed by atoms with E-state index in [0.717, 1.165) is 23.9 Å². The van der Waals surface area contributed by atoms with Gasteiger partial charge in [0.1, 0.15) is 10.1 Å². The molecular formula is C29H24F2N2O7S2. The van der Waals surface area contributed by atoms with Crippen molar-refractivity contribution in [1.82, 2.24) is 4.90 Å². The summed E-state index contributed by atoms with van der Waals surface area (Å²) in [7, 11) is 4.20. The third-order valence-corrected chi connectivity index (χ3v) is 7.57. The Labute approximate surface area is 249 Å². The molecule has 1 heterocycles. The molecule has 0 bridgehead atoms. The van der Waals surface area contributed by atoms with E-state index < -0.39 is 29.4 Å². The summed E-state index contributed by atoms with van der Waals surface area (Å²) in [6.45, 7) is -0.00456. The Morgan fingerprint density at radius 3 is 2.38 bits per heavy atom. The zero-order valence-corrected chi connectivity index (χ0v) is 24.2. The molecule has 13 heteroatoms. The number of nitrogens with zero attached hydrogens (tertiary/aromatic N) is 1. The van der Waals surface area contributed by atoms with E-state index in [1.54, 1.807) is 18.2 Å². The normalized spacial score (nSPS) is 13.8. The summed E-state index contributed by atoms with van der Waals surface area (Å²) in [5, 5.41) is 11.8. The first kappa shape index (κ1) is 30.5. The molecule has 2 N–H and O–H groups in total. The summed E-state index contributed by atoms with van der Waals surface area (Å²) in [6, 6.07) is 10.8. The molecule has 3 aromatic carbocycles. The van der Waals surface area contributed by atoms with Crippen LogP contribution < -0.4 is 19.5 Å². The standard InChI is InChI=1S/C29H24F2N2O7S2/c1-38-22-14-17(28(36)37)5-7-21(22)32-25(34)8-9-33-27(35)24(42-29(33)41)12-15-10-18(26(40-3)23(11-15)39-2)16-4-6-19(30)20(31)13-16/h4-7,10-14H,8-9H2,1-3H3,(H,32,34)(H,36,37). The average Bonchev–Trinajstić information content (AvgIpc) is 3.23. The number of hydrogen-bond donors (Lipinski definition) is 2. The number of thioether (sulfide) groups is 1. The number of methoxy groups -OCH3 is 3. The fourth-order valence-electron chi connectivity index (χ4n) is 4.14. The number of aromatic carboxylic acids is 1. The van der Waals surface area contributed by atoms with E-state index in [1.165, 1.54) is 50.5 Å². The van der Waals surface area contributed by atoms with Gasteiger partial charge in [-0.05, 0) is 59.7 Å². The summed E-state index contributed by atoms with van der Waals surface area (Å²) < 4.78 is 43.9. The van der Waals surface area contributed by atoms with Gasteiger partial charge in [0.2, 0.25) is 5.91 Å². The molecule has 0 saturated carbocycles. The summed E-state index contributed by atoms with van der Waals surface area (Å²) in [6.07, 6.45) is 1.49. The molecule has 2 amide bonds.